The molecule has 1 unspecified atom stereocenters. The molecule has 1 heterocycles. The maximum absolute atomic E-state index is 14.3. The molecule has 0 bridgehead atoms. The first-order valence-electron chi connectivity index (χ1n) is 8.12. The van der Waals surface area contributed by atoms with Gasteiger partial charge in [0.1, 0.15) is 6.17 Å². The van der Waals surface area contributed by atoms with E-state index in [1.54, 1.807) is 24.3 Å². The van der Waals surface area contributed by atoms with Crippen molar-refractivity contribution >= 4 is 10.0 Å². The molecule has 2 fully saturated rings. The molecule has 122 valence electrons. The molecule has 5 heteroatoms. The van der Waals surface area contributed by atoms with E-state index in [9.17, 15) is 12.8 Å². The molecule has 3 nitrogen and oxygen atoms in total. The maximum Gasteiger partial charge on any atom is 0.243 e. The molecule has 3 rings (SSSR count). The van der Waals surface area contributed by atoms with Crippen molar-refractivity contribution in [3.8, 4) is 0 Å². The zero-order chi connectivity index (χ0) is 15.8. The van der Waals surface area contributed by atoms with E-state index >= 15 is 0 Å². The van der Waals surface area contributed by atoms with Crippen molar-refractivity contribution in [3.05, 3.63) is 29.8 Å². The van der Waals surface area contributed by atoms with Crippen molar-refractivity contribution in [2.75, 3.05) is 13.1 Å². The van der Waals surface area contributed by atoms with E-state index in [1.807, 2.05) is 6.92 Å². The number of alkyl halides is 1. The van der Waals surface area contributed by atoms with Gasteiger partial charge in [-0.05, 0) is 43.7 Å². The van der Waals surface area contributed by atoms with E-state index in [-0.39, 0.29) is 16.9 Å². The number of piperidine rings is 1. The predicted molar refractivity (Wildman–Crippen MR) is 85.0 cm³/mol. The second kappa shape index (κ2) is 5.93. The molecule has 1 saturated carbocycles. The standard InChI is InChI=1S/C17H24FNO2S/c1-14-5-7-16(8-6-14)22(20,21)19-12-15(18)11-17(13-19)9-3-2-4-10-17/h5-8,15H,2-4,9-13H2,1H3. The van der Waals surface area contributed by atoms with Crippen LogP contribution in [0, 0.1) is 12.3 Å². The lowest BCUT2D eigenvalue weighted by atomic mass is 9.69. The Bertz CT molecular complexity index is 621. The lowest BCUT2D eigenvalue weighted by Gasteiger charge is -2.45. The number of sulfonamides is 1. The summed E-state index contributed by atoms with van der Waals surface area (Å²) in [5.41, 5.74) is 0.873. The molecule has 22 heavy (non-hydrogen) atoms. The van der Waals surface area contributed by atoms with Crippen LogP contribution in [0.4, 0.5) is 4.39 Å². The fourth-order valence-electron chi connectivity index (χ4n) is 3.96. The summed E-state index contributed by atoms with van der Waals surface area (Å²) in [4.78, 5) is 0.276. The second-order valence-corrected chi connectivity index (χ2v) is 8.91. The highest BCUT2D eigenvalue weighted by Crippen LogP contribution is 2.45. The SMILES string of the molecule is Cc1ccc(S(=O)(=O)N2CC(F)CC3(CCCCC3)C2)cc1. The van der Waals surface area contributed by atoms with Crippen LogP contribution < -0.4 is 0 Å². The van der Waals surface area contributed by atoms with Gasteiger partial charge in [0.15, 0.2) is 0 Å². The minimum Gasteiger partial charge on any atom is -0.246 e. The summed E-state index contributed by atoms with van der Waals surface area (Å²) in [5.74, 6) is 0. The summed E-state index contributed by atoms with van der Waals surface area (Å²) in [6.45, 7) is 2.40. The Kier molecular flexibility index (Phi) is 4.29. The van der Waals surface area contributed by atoms with Crippen LogP contribution in [0.1, 0.15) is 44.1 Å². The van der Waals surface area contributed by atoms with Gasteiger partial charge in [-0.25, -0.2) is 12.8 Å². The van der Waals surface area contributed by atoms with E-state index in [1.165, 1.54) is 10.7 Å². The lowest BCUT2D eigenvalue weighted by molar-refractivity contribution is 0.0430. The molecule has 1 aromatic rings. The predicted octanol–water partition coefficient (Wildman–Crippen LogP) is 3.68. The number of hydrogen-bond donors (Lipinski definition) is 0. The largest absolute Gasteiger partial charge is 0.246 e. The highest BCUT2D eigenvalue weighted by atomic mass is 32.2. The molecular weight excluding hydrogens is 301 g/mol. The van der Waals surface area contributed by atoms with Crippen LogP contribution in [-0.2, 0) is 10.0 Å². The number of nitrogens with zero attached hydrogens (tertiary/aromatic N) is 1. The Morgan fingerprint density at radius 1 is 1.14 bits per heavy atom. The third-order valence-corrected chi connectivity index (χ3v) is 6.97. The monoisotopic (exact) mass is 325 g/mol. The van der Waals surface area contributed by atoms with Crippen LogP contribution in [0.3, 0.4) is 0 Å². The van der Waals surface area contributed by atoms with E-state index in [0.29, 0.717) is 13.0 Å². The molecule has 1 atom stereocenters. The normalized spacial score (nSPS) is 26.2. The van der Waals surface area contributed by atoms with Gasteiger partial charge in [0.05, 0.1) is 4.90 Å². The summed E-state index contributed by atoms with van der Waals surface area (Å²) in [6, 6.07) is 6.83. The van der Waals surface area contributed by atoms with Gasteiger partial charge in [-0.15, -0.1) is 0 Å². The van der Waals surface area contributed by atoms with E-state index in [2.05, 4.69) is 0 Å². The third kappa shape index (κ3) is 3.06. The highest BCUT2D eigenvalue weighted by molar-refractivity contribution is 7.89. The Morgan fingerprint density at radius 2 is 1.77 bits per heavy atom. The van der Waals surface area contributed by atoms with Gasteiger partial charge >= 0.3 is 0 Å². The van der Waals surface area contributed by atoms with Crippen molar-refractivity contribution in [2.45, 2.75) is 56.5 Å². The molecular formula is C17H24FNO2S. The second-order valence-electron chi connectivity index (χ2n) is 6.97. The van der Waals surface area contributed by atoms with Crippen LogP contribution in [0.2, 0.25) is 0 Å². The summed E-state index contributed by atoms with van der Waals surface area (Å²) in [5, 5.41) is 0. The Hall–Kier alpha value is -0.940. The number of hydrogen-bond acceptors (Lipinski definition) is 2. The third-order valence-electron chi connectivity index (χ3n) is 5.14. The summed E-state index contributed by atoms with van der Waals surface area (Å²) in [6.07, 6.45) is 4.74. The van der Waals surface area contributed by atoms with Crippen LogP contribution in [0.15, 0.2) is 29.2 Å². The van der Waals surface area contributed by atoms with Crippen LogP contribution in [0.25, 0.3) is 0 Å². The molecule has 0 aromatic heterocycles. The fourth-order valence-corrected chi connectivity index (χ4v) is 5.54. The van der Waals surface area contributed by atoms with Crippen molar-refractivity contribution in [2.24, 2.45) is 5.41 Å². The summed E-state index contributed by atoms with van der Waals surface area (Å²) < 4.78 is 41.3. The quantitative estimate of drug-likeness (QED) is 0.832. The average Bonchev–Trinajstić information content (AvgIpc) is 2.47. The number of benzene rings is 1. The Morgan fingerprint density at radius 3 is 2.41 bits per heavy atom. The average molecular weight is 325 g/mol. The van der Waals surface area contributed by atoms with E-state index in [4.69, 9.17) is 0 Å². The molecule has 1 aromatic carbocycles. The zero-order valence-corrected chi connectivity index (χ0v) is 13.9. The molecule has 0 radical (unpaired) electrons. The first-order valence-corrected chi connectivity index (χ1v) is 9.56. The van der Waals surface area contributed by atoms with E-state index in [0.717, 1.165) is 31.2 Å². The lowest BCUT2D eigenvalue weighted by Crippen LogP contribution is -2.51. The first-order chi connectivity index (χ1) is 10.4. The molecule has 0 amide bonds. The van der Waals surface area contributed by atoms with Crippen molar-refractivity contribution in [1.82, 2.24) is 4.31 Å². The molecule has 0 N–H and O–H groups in total. The smallest absolute Gasteiger partial charge is 0.243 e. The fraction of sp³-hybridized carbons (Fsp3) is 0.647. The van der Waals surface area contributed by atoms with E-state index < -0.39 is 16.2 Å². The van der Waals surface area contributed by atoms with Gasteiger partial charge in [0.25, 0.3) is 0 Å². The zero-order valence-electron chi connectivity index (χ0n) is 13.1. The Labute approximate surface area is 132 Å². The van der Waals surface area contributed by atoms with Gasteiger partial charge in [0.2, 0.25) is 10.0 Å². The maximum atomic E-state index is 14.3. The Balaban J connectivity index is 1.87. The summed E-state index contributed by atoms with van der Waals surface area (Å²) in [7, 11) is -3.59. The number of aryl methyl sites for hydroxylation is 1. The van der Waals surface area contributed by atoms with Gasteiger partial charge in [-0.1, -0.05) is 37.0 Å². The first kappa shape index (κ1) is 15.9. The molecule has 1 aliphatic heterocycles. The van der Waals surface area contributed by atoms with Crippen molar-refractivity contribution in [3.63, 3.8) is 0 Å². The van der Waals surface area contributed by atoms with Gasteiger partial charge in [-0.3, -0.25) is 0 Å². The molecule has 1 aliphatic carbocycles. The molecule has 1 spiro atoms. The van der Waals surface area contributed by atoms with Crippen LogP contribution in [0.5, 0.6) is 0 Å². The van der Waals surface area contributed by atoms with Crippen LogP contribution in [-0.4, -0.2) is 32.0 Å². The van der Waals surface area contributed by atoms with Gasteiger partial charge in [0, 0.05) is 13.1 Å². The summed E-state index contributed by atoms with van der Waals surface area (Å²) >= 11 is 0. The number of halogens is 1. The van der Waals surface area contributed by atoms with Crippen molar-refractivity contribution < 1.29 is 12.8 Å². The highest BCUT2D eigenvalue weighted by Gasteiger charge is 2.44. The minimum atomic E-state index is -3.59. The topological polar surface area (TPSA) is 37.4 Å². The van der Waals surface area contributed by atoms with Gasteiger partial charge in [-0.2, -0.15) is 4.31 Å². The minimum absolute atomic E-state index is 0.00202. The van der Waals surface area contributed by atoms with Gasteiger partial charge < -0.3 is 0 Å². The molecule has 1 saturated heterocycles. The van der Waals surface area contributed by atoms with Crippen molar-refractivity contribution in [1.29, 1.82) is 0 Å². The molecule has 2 aliphatic rings. The van der Waals surface area contributed by atoms with Crippen LogP contribution >= 0.6 is 0 Å². The number of rotatable bonds is 2.